The molecule has 0 fully saturated rings. The van der Waals surface area contributed by atoms with E-state index in [4.69, 9.17) is 9.47 Å². The molecule has 2 aromatic rings. The van der Waals surface area contributed by atoms with Gasteiger partial charge in [-0.05, 0) is 69.3 Å². The fraction of sp³-hybridized carbons (Fsp3) is 0.300. The minimum atomic E-state index is -3.69. The van der Waals surface area contributed by atoms with E-state index in [0.717, 1.165) is 0 Å². The van der Waals surface area contributed by atoms with E-state index < -0.39 is 28.1 Å². The van der Waals surface area contributed by atoms with Gasteiger partial charge in [0.1, 0.15) is 5.75 Å². The van der Waals surface area contributed by atoms with Crippen molar-refractivity contribution in [2.45, 2.75) is 31.2 Å². The third-order valence-corrected chi connectivity index (χ3v) is 5.36. The van der Waals surface area contributed by atoms with Crippen molar-refractivity contribution in [1.29, 1.82) is 0 Å². The molecule has 0 heterocycles. The third-order valence-electron chi connectivity index (χ3n) is 3.59. The molecule has 0 saturated heterocycles. The normalized spacial score (nSPS) is 11.7. The second-order valence-electron chi connectivity index (χ2n) is 7.11. The monoisotopic (exact) mass is 405 g/mol. The molecule has 2 rings (SSSR count). The number of rotatable bonds is 7. The zero-order chi connectivity index (χ0) is 20.9. The minimum absolute atomic E-state index is 0.0354. The maximum absolute atomic E-state index is 12.3. The van der Waals surface area contributed by atoms with Crippen LogP contribution in [0.5, 0.6) is 5.75 Å². The molecule has 7 nitrogen and oxygen atoms in total. The fourth-order valence-corrected chi connectivity index (χ4v) is 3.73. The van der Waals surface area contributed by atoms with E-state index in [0.29, 0.717) is 11.3 Å². The Morgan fingerprint density at radius 1 is 0.929 bits per heavy atom. The van der Waals surface area contributed by atoms with Crippen molar-refractivity contribution in [1.82, 2.24) is 4.72 Å². The van der Waals surface area contributed by atoms with Gasteiger partial charge in [-0.25, -0.2) is 17.9 Å². The number of carbonyl (C=O) groups is 2. The second kappa shape index (κ2) is 8.53. The van der Waals surface area contributed by atoms with Gasteiger partial charge in [0.25, 0.3) is 0 Å². The Kier molecular flexibility index (Phi) is 6.58. The lowest BCUT2D eigenvalue weighted by molar-refractivity contribution is 0.0474. The molecule has 0 spiro atoms. The zero-order valence-corrected chi connectivity index (χ0v) is 17.0. The number of hydrogen-bond donors (Lipinski definition) is 1. The molecule has 0 amide bonds. The maximum Gasteiger partial charge on any atom is 0.338 e. The summed E-state index contributed by atoms with van der Waals surface area (Å²) in [5, 5.41) is 0. The number of carbonyl (C=O) groups excluding carboxylic acids is 2. The van der Waals surface area contributed by atoms with E-state index >= 15 is 0 Å². The Balaban J connectivity index is 2.00. The van der Waals surface area contributed by atoms with Gasteiger partial charge in [0.2, 0.25) is 10.0 Å². The number of sulfonamides is 1. The standard InChI is InChI=1S/C20H23NO6S/c1-20(2,3)21-28(24,25)17-11-7-15(8-12-17)19(23)27-13-18(22)14-5-9-16(26-4)10-6-14/h5-12,21H,13H2,1-4H3. The highest BCUT2D eigenvalue weighted by Gasteiger charge is 2.22. The molecule has 150 valence electrons. The summed E-state index contributed by atoms with van der Waals surface area (Å²) < 4.78 is 37.1. The highest BCUT2D eigenvalue weighted by atomic mass is 32.2. The Morgan fingerprint density at radius 2 is 1.46 bits per heavy atom. The Hall–Kier alpha value is -2.71. The summed E-state index contributed by atoms with van der Waals surface area (Å²) in [6.07, 6.45) is 0. The van der Waals surface area contributed by atoms with Crippen LogP contribution >= 0.6 is 0 Å². The van der Waals surface area contributed by atoms with Crippen LogP contribution in [0.1, 0.15) is 41.5 Å². The van der Waals surface area contributed by atoms with Crippen molar-refractivity contribution >= 4 is 21.8 Å². The molecule has 0 unspecified atom stereocenters. The lowest BCUT2D eigenvalue weighted by atomic mass is 10.1. The van der Waals surface area contributed by atoms with Crippen LogP contribution in [-0.4, -0.2) is 39.4 Å². The van der Waals surface area contributed by atoms with Gasteiger partial charge in [-0.15, -0.1) is 0 Å². The average molecular weight is 405 g/mol. The predicted molar refractivity (Wildman–Crippen MR) is 104 cm³/mol. The SMILES string of the molecule is COc1ccc(C(=O)COC(=O)c2ccc(S(=O)(=O)NC(C)(C)C)cc2)cc1. The molecular formula is C20H23NO6S. The Labute approximate surface area is 164 Å². The summed E-state index contributed by atoms with van der Waals surface area (Å²) >= 11 is 0. The van der Waals surface area contributed by atoms with Gasteiger partial charge in [0, 0.05) is 11.1 Å². The van der Waals surface area contributed by atoms with E-state index in [-0.39, 0.29) is 16.2 Å². The highest BCUT2D eigenvalue weighted by Crippen LogP contribution is 2.15. The average Bonchev–Trinajstić information content (AvgIpc) is 2.64. The lowest BCUT2D eigenvalue weighted by Crippen LogP contribution is -2.40. The van der Waals surface area contributed by atoms with Crippen molar-refractivity contribution in [3.05, 3.63) is 59.7 Å². The van der Waals surface area contributed by atoms with Gasteiger partial charge in [-0.2, -0.15) is 0 Å². The first kappa shape index (κ1) is 21.6. The van der Waals surface area contributed by atoms with Gasteiger partial charge >= 0.3 is 5.97 Å². The number of hydrogen-bond acceptors (Lipinski definition) is 6. The van der Waals surface area contributed by atoms with Crippen LogP contribution < -0.4 is 9.46 Å². The van der Waals surface area contributed by atoms with Crippen LogP contribution in [0.25, 0.3) is 0 Å². The summed E-state index contributed by atoms with van der Waals surface area (Å²) in [5.74, 6) is -0.455. The molecular weight excluding hydrogens is 382 g/mol. The van der Waals surface area contributed by atoms with Gasteiger partial charge in [0.05, 0.1) is 17.6 Å². The minimum Gasteiger partial charge on any atom is -0.497 e. The smallest absolute Gasteiger partial charge is 0.338 e. The number of benzene rings is 2. The molecule has 0 aliphatic carbocycles. The predicted octanol–water partition coefficient (Wildman–Crippen LogP) is 2.81. The number of ether oxygens (including phenoxy) is 2. The van der Waals surface area contributed by atoms with Crippen LogP contribution in [0.3, 0.4) is 0 Å². The van der Waals surface area contributed by atoms with Crippen LogP contribution in [0.15, 0.2) is 53.4 Å². The second-order valence-corrected chi connectivity index (χ2v) is 8.79. The molecule has 8 heteroatoms. The molecule has 0 atom stereocenters. The van der Waals surface area contributed by atoms with Gasteiger partial charge < -0.3 is 9.47 Å². The van der Waals surface area contributed by atoms with Crippen molar-refractivity contribution in [3.63, 3.8) is 0 Å². The molecule has 0 bridgehead atoms. The largest absolute Gasteiger partial charge is 0.497 e. The number of ketones is 1. The molecule has 2 aromatic carbocycles. The van der Waals surface area contributed by atoms with Crippen LogP contribution in [0.4, 0.5) is 0 Å². The maximum atomic E-state index is 12.3. The molecule has 0 saturated carbocycles. The van der Waals surface area contributed by atoms with Crippen molar-refractivity contribution in [2.24, 2.45) is 0 Å². The van der Waals surface area contributed by atoms with E-state index in [1.807, 2.05) is 0 Å². The summed E-state index contributed by atoms with van der Waals surface area (Å²) in [7, 11) is -2.17. The third kappa shape index (κ3) is 5.90. The van der Waals surface area contributed by atoms with Crippen LogP contribution in [-0.2, 0) is 14.8 Å². The number of nitrogens with one attached hydrogen (secondary N) is 1. The molecule has 0 aromatic heterocycles. The van der Waals surface area contributed by atoms with E-state index in [1.54, 1.807) is 45.0 Å². The summed E-state index contributed by atoms with van der Waals surface area (Å²) in [5.41, 5.74) is -0.0846. The lowest BCUT2D eigenvalue weighted by Gasteiger charge is -2.20. The van der Waals surface area contributed by atoms with Crippen LogP contribution in [0, 0.1) is 0 Å². The Bertz CT molecular complexity index is 942. The first-order valence-electron chi connectivity index (χ1n) is 8.50. The number of esters is 1. The van der Waals surface area contributed by atoms with Crippen molar-refractivity contribution in [3.8, 4) is 5.75 Å². The number of Topliss-reactive ketones (excluding diaryl/α,β-unsaturated/α-hetero) is 1. The van der Waals surface area contributed by atoms with Gasteiger partial charge in [-0.1, -0.05) is 0 Å². The first-order valence-corrected chi connectivity index (χ1v) is 9.98. The quantitative estimate of drug-likeness (QED) is 0.562. The van der Waals surface area contributed by atoms with Crippen molar-refractivity contribution < 1.29 is 27.5 Å². The van der Waals surface area contributed by atoms with Crippen molar-refractivity contribution in [2.75, 3.05) is 13.7 Å². The summed E-state index contributed by atoms with van der Waals surface area (Å²) in [6.45, 7) is 4.78. The number of methoxy groups -OCH3 is 1. The molecule has 0 aliphatic rings. The molecule has 1 N–H and O–H groups in total. The highest BCUT2D eigenvalue weighted by molar-refractivity contribution is 7.89. The Morgan fingerprint density at radius 3 is 1.96 bits per heavy atom. The van der Waals surface area contributed by atoms with E-state index in [2.05, 4.69) is 4.72 Å². The van der Waals surface area contributed by atoms with E-state index in [1.165, 1.54) is 31.4 Å². The topological polar surface area (TPSA) is 98.8 Å². The molecule has 28 heavy (non-hydrogen) atoms. The summed E-state index contributed by atoms with van der Waals surface area (Å²) in [4.78, 5) is 24.2. The molecule has 0 aliphatic heterocycles. The van der Waals surface area contributed by atoms with Crippen LogP contribution in [0.2, 0.25) is 0 Å². The van der Waals surface area contributed by atoms with E-state index in [9.17, 15) is 18.0 Å². The zero-order valence-electron chi connectivity index (χ0n) is 16.2. The summed E-state index contributed by atoms with van der Waals surface area (Å²) in [6, 6.07) is 11.8. The first-order chi connectivity index (χ1) is 13.0. The molecule has 0 radical (unpaired) electrons. The van der Waals surface area contributed by atoms with Gasteiger partial charge in [0.15, 0.2) is 12.4 Å². The van der Waals surface area contributed by atoms with Gasteiger partial charge in [-0.3, -0.25) is 4.79 Å². The fourth-order valence-electron chi connectivity index (χ4n) is 2.31.